The molecule has 6 heteroatoms. The molecule has 3 rings (SSSR count). The first-order valence-corrected chi connectivity index (χ1v) is 9.13. The third kappa shape index (κ3) is 4.12. The molecule has 1 amide bonds. The summed E-state index contributed by atoms with van der Waals surface area (Å²) in [6, 6.07) is 6.89. The lowest BCUT2D eigenvalue weighted by molar-refractivity contribution is 0.0670. The van der Waals surface area contributed by atoms with Crippen LogP contribution in [-0.2, 0) is 6.54 Å². The normalized spacial score (nSPS) is 19.0. The van der Waals surface area contributed by atoms with E-state index in [2.05, 4.69) is 23.7 Å². The Balaban J connectivity index is 1.76. The molecule has 0 spiro atoms. The van der Waals surface area contributed by atoms with Crippen LogP contribution in [0.25, 0.3) is 0 Å². The number of aryl methyl sites for hydroxylation is 1. The van der Waals surface area contributed by atoms with Crippen molar-refractivity contribution in [1.29, 1.82) is 0 Å². The lowest BCUT2D eigenvalue weighted by atomic mass is 10.0. The number of nitrogens with zero attached hydrogens (tertiary/aromatic N) is 3. The van der Waals surface area contributed by atoms with Gasteiger partial charge in [-0.1, -0.05) is 26.0 Å². The first-order valence-electron chi connectivity index (χ1n) is 9.13. The van der Waals surface area contributed by atoms with Crippen LogP contribution >= 0.6 is 0 Å². The van der Waals surface area contributed by atoms with E-state index in [-0.39, 0.29) is 17.8 Å². The van der Waals surface area contributed by atoms with Crippen LogP contribution in [-0.4, -0.2) is 46.4 Å². The van der Waals surface area contributed by atoms with Gasteiger partial charge in [0.2, 0.25) is 5.76 Å². The number of hydrogen-bond acceptors (Lipinski definition) is 4. The Hall–Kier alpha value is -2.21. The van der Waals surface area contributed by atoms with Crippen LogP contribution in [0.2, 0.25) is 0 Å². The van der Waals surface area contributed by atoms with Gasteiger partial charge in [0.15, 0.2) is 6.39 Å². The quantitative estimate of drug-likeness (QED) is 0.838. The van der Waals surface area contributed by atoms with Gasteiger partial charge in [0, 0.05) is 32.2 Å². The Morgan fingerprint density at radius 2 is 2.04 bits per heavy atom. The second-order valence-electron chi connectivity index (χ2n) is 7.28. The number of oxazole rings is 1. The number of aromatic nitrogens is 1. The zero-order chi connectivity index (χ0) is 18.7. The van der Waals surface area contributed by atoms with Crippen LogP contribution in [0.1, 0.15) is 42.1 Å². The molecule has 26 heavy (non-hydrogen) atoms. The van der Waals surface area contributed by atoms with E-state index in [4.69, 9.17) is 4.42 Å². The molecule has 0 N–H and O–H groups in total. The molecule has 0 aliphatic carbocycles. The van der Waals surface area contributed by atoms with Crippen molar-refractivity contribution >= 4 is 5.91 Å². The largest absolute Gasteiger partial charge is 0.438 e. The second-order valence-corrected chi connectivity index (χ2v) is 7.28. The van der Waals surface area contributed by atoms with E-state index >= 15 is 0 Å². The lowest BCUT2D eigenvalue weighted by Gasteiger charge is -2.34. The molecule has 1 aromatic carbocycles. The van der Waals surface area contributed by atoms with Crippen molar-refractivity contribution in [3.63, 3.8) is 0 Å². The molecule has 1 atom stereocenters. The van der Waals surface area contributed by atoms with Gasteiger partial charge >= 0.3 is 0 Å². The van der Waals surface area contributed by atoms with Crippen molar-refractivity contribution in [2.45, 2.75) is 39.8 Å². The SMILES string of the molecule is Cc1ncoc1C(=O)N1CCCN(Cc2ccc(F)cc2)[C@H](C(C)C)C1. The Morgan fingerprint density at radius 1 is 1.31 bits per heavy atom. The number of hydrogen-bond donors (Lipinski definition) is 0. The van der Waals surface area contributed by atoms with Gasteiger partial charge in [0.05, 0.1) is 5.69 Å². The fraction of sp³-hybridized carbons (Fsp3) is 0.500. The molecule has 1 saturated heterocycles. The Labute approximate surface area is 153 Å². The summed E-state index contributed by atoms with van der Waals surface area (Å²) < 4.78 is 18.5. The molecular weight excluding hydrogens is 333 g/mol. The maximum absolute atomic E-state index is 13.2. The average molecular weight is 359 g/mol. The fourth-order valence-electron chi connectivity index (χ4n) is 3.55. The third-order valence-electron chi connectivity index (χ3n) is 5.05. The van der Waals surface area contributed by atoms with Gasteiger partial charge in [-0.15, -0.1) is 0 Å². The van der Waals surface area contributed by atoms with E-state index in [0.29, 0.717) is 30.5 Å². The molecule has 0 saturated carbocycles. The summed E-state index contributed by atoms with van der Waals surface area (Å²) in [5.41, 5.74) is 1.71. The Bertz CT molecular complexity index is 742. The summed E-state index contributed by atoms with van der Waals surface area (Å²) in [4.78, 5) is 21.1. The summed E-state index contributed by atoms with van der Waals surface area (Å²) in [5.74, 6) is 0.415. The summed E-state index contributed by atoms with van der Waals surface area (Å²) in [7, 11) is 0. The lowest BCUT2D eigenvalue weighted by Crippen LogP contribution is -2.45. The van der Waals surface area contributed by atoms with Crippen molar-refractivity contribution in [3.8, 4) is 0 Å². The van der Waals surface area contributed by atoms with Crippen LogP contribution in [0, 0.1) is 18.7 Å². The van der Waals surface area contributed by atoms with Crippen molar-refractivity contribution in [2.24, 2.45) is 5.92 Å². The highest BCUT2D eigenvalue weighted by molar-refractivity contribution is 5.92. The predicted octanol–water partition coefficient (Wildman–Crippen LogP) is 3.49. The minimum Gasteiger partial charge on any atom is -0.438 e. The molecule has 2 aromatic rings. The summed E-state index contributed by atoms with van der Waals surface area (Å²) in [6.45, 7) is 9.15. The fourth-order valence-corrected chi connectivity index (χ4v) is 3.55. The monoisotopic (exact) mass is 359 g/mol. The van der Waals surface area contributed by atoms with Crippen molar-refractivity contribution in [1.82, 2.24) is 14.8 Å². The van der Waals surface area contributed by atoms with Gasteiger partial charge in [-0.3, -0.25) is 9.69 Å². The smallest absolute Gasteiger partial charge is 0.291 e. The third-order valence-corrected chi connectivity index (χ3v) is 5.05. The topological polar surface area (TPSA) is 49.6 Å². The van der Waals surface area contributed by atoms with Gasteiger partial charge in [0.25, 0.3) is 5.91 Å². The maximum Gasteiger partial charge on any atom is 0.291 e. The number of carbonyl (C=O) groups excluding carboxylic acids is 1. The number of halogens is 1. The van der Waals surface area contributed by atoms with E-state index in [9.17, 15) is 9.18 Å². The van der Waals surface area contributed by atoms with Crippen molar-refractivity contribution in [3.05, 3.63) is 53.5 Å². The summed E-state index contributed by atoms with van der Waals surface area (Å²) in [5, 5.41) is 0. The number of amides is 1. The summed E-state index contributed by atoms with van der Waals surface area (Å²) in [6.07, 6.45) is 2.21. The minimum atomic E-state index is -0.218. The zero-order valence-corrected chi connectivity index (χ0v) is 15.6. The number of rotatable bonds is 4. The van der Waals surface area contributed by atoms with Crippen LogP contribution < -0.4 is 0 Å². The highest BCUT2D eigenvalue weighted by Crippen LogP contribution is 2.22. The van der Waals surface area contributed by atoms with E-state index in [1.165, 1.54) is 18.5 Å². The van der Waals surface area contributed by atoms with Gasteiger partial charge in [-0.2, -0.15) is 0 Å². The predicted molar refractivity (Wildman–Crippen MR) is 97.2 cm³/mol. The number of benzene rings is 1. The molecule has 1 aromatic heterocycles. The van der Waals surface area contributed by atoms with Gasteiger partial charge < -0.3 is 9.32 Å². The molecule has 5 nitrogen and oxygen atoms in total. The number of carbonyl (C=O) groups is 1. The average Bonchev–Trinajstić information content (AvgIpc) is 2.92. The second kappa shape index (κ2) is 7.99. The van der Waals surface area contributed by atoms with E-state index in [0.717, 1.165) is 25.1 Å². The van der Waals surface area contributed by atoms with Crippen LogP contribution in [0.15, 0.2) is 35.1 Å². The highest BCUT2D eigenvalue weighted by Gasteiger charge is 2.31. The molecule has 1 aliphatic heterocycles. The Morgan fingerprint density at radius 3 is 2.65 bits per heavy atom. The first kappa shape index (κ1) is 18.6. The van der Waals surface area contributed by atoms with Crippen molar-refractivity contribution in [2.75, 3.05) is 19.6 Å². The standard InChI is InChI=1S/C20H26FN3O2/c1-14(2)18-12-24(20(25)19-15(3)22-13-26-19)10-4-9-23(18)11-16-5-7-17(21)8-6-16/h5-8,13-14,18H,4,9-12H2,1-3H3/t18-/m0/s1. The highest BCUT2D eigenvalue weighted by atomic mass is 19.1. The summed E-state index contributed by atoms with van der Waals surface area (Å²) >= 11 is 0. The molecular formula is C20H26FN3O2. The van der Waals surface area contributed by atoms with Gasteiger partial charge in [-0.05, 0) is 37.0 Å². The van der Waals surface area contributed by atoms with E-state index in [1.807, 2.05) is 17.0 Å². The minimum absolute atomic E-state index is 0.0886. The zero-order valence-electron chi connectivity index (χ0n) is 15.6. The van der Waals surface area contributed by atoms with E-state index < -0.39 is 0 Å². The first-order chi connectivity index (χ1) is 12.5. The Kier molecular flexibility index (Phi) is 5.71. The van der Waals surface area contributed by atoms with Crippen molar-refractivity contribution < 1.29 is 13.6 Å². The molecule has 1 aliphatic rings. The molecule has 0 bridgehead atoms. The maximum atomic E-state index is 13.2. The van der Waals surface area contributed by atoms with Crippen LogP contribution in [0.4, 0.5) is 4.39 Å². The molecule has 1 fully saturated rings. The molecule has 2 heterocycles. The van der Waals surface area contributed by atoms with Gasteiger partial charge in [0.1, 0.15) is 5.82 Å². The van der Waals surface area contributed by atoms with Crippen LogP contribution in [0.3, 0.4) is 0 Å². The van der Waals surface area contributed by atoms with Crippen LogP contribution in [0.5, 0.6) is 0 Å². The van der Waals surface area contributed by atoms with Gasteiger partial charge in [-0.25, -0.2) is 9.37 Å². The molecule has 140 valence electrons. The van der Waals surface area contributed by atoms with E-state index in [1.54, 1.807) is 6.92 Å². The molecule has 0 unspecified atom stereocenters. The molecule has 0 radical (unpaired) electrons.